The van der Waals surface area contributed by atoms with E-state index in [-0.39, 0.29) is 15.2 Å². The van der Waals surface area contributed by atoms with Crippen molar-refractivity contribution < 1.29 is 0 Å². The Balaban J connectivity index is 2.61. The molecule has 0 saturated carbocycles. The van der Waals surface area contributed by atoms with Gasteiger partial charge in [-0.05, 0) is 0 Å². The van der Waals surface area contributed by atoms with Gasteiger partial charge in [-0.25, -0.2) is 0 Å². The number of nitrogens with zero attached hydrogens (tertiary/aromatic N) is 1. The topological polar surface area (TPSA) is 12.4 Å². The van der Waals surface area contributed by atoms with Crippen molar-refractivity contribution in [2.24, 2.45) is 4.99 Å². The highest BCUT2D eigenvalue weighted by atomic mass is 27.1. The molecule has 0 unspecified atom stereocenters. The van der Waals surface area contributed by atoms with Gasteiger partial charge in [0.15, 0.2) is 0 Å². The summed E-state index contributed by atoms with van der Waals surface area (Å²) in [4.78, 5) is 5.99. The second-order valence-corrected chi connectivity index (χ2v) is 2.26. The molecule has 0 spiro atoms. The van der Waals surface area contributed by atoms with Crippen LogP contribution in [0.25, 0.3) is 0 Å². The number of rotatable bonds is 0. The van der Waals surface area contributed by atoms with E-state index < -0.39 is 0 Å². The number of aliphatic imine (C=N–C) groups is 1. The summed E-state index contributed by atoms with van der Waals surface area (Å²) in [7, 11) is 0. The summed E-state index contributed by atoms with van der Waals surface area (Å²) in [6, 6.07) is 0. The van der Waals surface area contributed by atoms with Crippen molar-refractivity contribution >= 4 is 20.3 Å². The molecule has 2 heteroatoms. The molecule has 0 aromatic heterocycles. The van der Waals surface area contributed by atoms with Gasteiger partial charge in [0.05, 0.1) is 0 Å². The Morgan fingerprint density at radius 1 is 1.60 bits per heavy atom. The van der Waals surface area contributed by atoms with Gasteiger partial charge >= 0.3 is 15.2 Å². The summed E-state index contributed by atoms with van der Waals surface area (Å²) >= 11 is 0.0710. The lowest BCUT2D eigenvalue weighted by atomic mass is 11.1. The van der Waals surface area contributed by atoms with Gasteiger partial charge in [0.2, 0.25) is 0 Å². The molecule has 0 aromatic rings. The fraction of sp³-hybridized carbons (Fsp3) is 0. The van der Waals surface area contributed by atoms with Crippen LogP contribution in [0.1, 0.15) is 0 Å². The zero-order valence-corrected chi connectivity index (χ0v) is 4.30. The van der Waals surface area contributed by atoms with E-state index in [2.05, 4.69) is 9.93 Å². The first kappa shape index (κ1) is 3.14. The molecule has 1 nitrogen and oxygen atoms in total. The predicted octanol–water partition coefficient (Wildman–Crippen LogP) is -0.0640. The van der Waals surface area contributed by atoms with Crippen LogP contribution in [-0.2, 0) is 0 Å². The molecule has 0 fully saturated rings. The Hall–Kier alpha value is -0.0575. The first-order valence-electron chi connectivity index (χ1n) is 1.67. The van der Waals surface area contributed by atoms with Crippen LogP contribution < -0.4 is 0 Å². The first-order valence-corrected chi connectivity index (χ1v) is 3.30. The molecule has 0 bridgehead atoms. The van der Waals surface area contributed by atoms with Crippen LogP contribution in [-0.4, -0.2) is 20.3 Å². The molecule has 0 aromatic carbocycles. The molecule has 0 saturated heterocycles. The van der Waals surface area contributed by atoms with Gasteiger partial charge in [0, 0.05) is 6.20 Å². The molecule has 1 rings (SSSR count). The average Bonchev–Trinajstić information content (AvgIpc) is 1.76. The van der Waals surface area contributed by atoms with Gasteiger partial charge in [-0.2, -0.15) is 0 Å². The van der Waals surface area contributed by atoms with Crippen LogP contribution in [0.4, 0.5) is 0 Å². The molecule has 0 atom stereocenters. The van der Waals surface area contributed by atoms with Crippen LogP contribution in [0.3, 0.4) is 0 Å². The number of hydrogen-bond donors (Lipinski definition) is 0. The minimum Gasteiger partial charge on any atom is -0.289 e. The van der Waals surface area contributed by atoms with Crippen molar-refractivity contribution in [3.63, 3.8) is 0 Å². The fourth-order valence-electron chi connectivity index (χ4n) is 0.304. The molecular formula is C3H4AlN. The maximum atomic E-state index is 3.84. The second-order valence-electron chi connectivity index (χ2n) is 0.952. The first-order chi connectivity index (χ1) is 2.50. The van der Waals surface area contributed by atoms with Crippen molar-refractivity contribution in [2.75, 3.05) is 0 Å². The van der Waals surface area contributed by atoms with Crippen molar-refractivity contribution in [3.05, 3.63) is 11.1 Å². The standard InChI is InChI=1S/C3H3N.Al.H/c1-3-4-2;;/h1-3H;;. The highest BCUT2D eigenvalue weighted by Gasteiger charge is 1.80. The van der Waals surface area contributed by atoms with E-state index in [0.29, 0.717) is 0 Å². The third kappa shape index (κ3) is 0.609. The van der Waals surface area contributed by atoms with Crippen LogP contribution in [0.15, 0.2) is 16.1 Å². The molecule has 5 heavy (non-hydrogen) atoms. The van der Waals surface area contributed by atoms with Gasteiger partial charge < -0.3 is 0 Å². The van der Waals surface area contributed by atoms with E-state index in [1.807, 2.05) is 11.3 Å². The third-order valence-corrected chi connectivity index (χ3v) is 1.44. The van der Waals surface area contributed by atoms with Crippen LogP contribution in [0, 0.1) is 0 Å². The van der Waals surface area contributed by atoms with E-state index in [1.165, 1.54) is 0 Å². The zero-order chi connectivity index (χ0) is 3.54. The Morgan fingerprint density at radius 2 is 2.60 bits per heavy atom. The van der Waals surface area contributed by atoms with E-state index in [9.17, 15) is 0 Å². The highest BCUT2D eigenvalue weighted by molar-refractivity contribution is 6.73. The minimum atomic E-state index is 0.0710. The summed E-state index contributed by atoms with van der Waals surface area (Å²) in [6.07, 6.45) is 1.87. The van der Waals surface area contributed by atoms with Crippen LogP contribution >= 0.6 is 0 Å². The summed E-state index contributed by atoms with van der Waals surface area (Å²) in [5, 5.41) is 2.01. The Labute approximate surface area is 37.1 Å². The van der Waals surface area contributed by atoms with E-state index in [4.69, 9.17) is 0 Å². The summed E-state index contributed by atoms with van der Waals surface area (Å²) in [5.74, 6) is 0. The molecule has 0 amide bonds. The Kier molecular flexibility index (Phi) is 0.879. The normalized spacial score (nSPS) is 16.0. The second kappa shape index (κ2) is 1.40. The largest absolute Gasteiger partial charge is 0.333 e. The summed E-state index contributed by atoms with van der Waals surface area (Å²) in [5.41, 5.74) is 0. The molecule has 24 valence electrons. The monoisotopic (exact) mass is 81.0 g/mol. The van der Waals surface area contributed by atoms with E-state index in [1.54, 1.807) is 0 Å². The van der Waals surface area contributed by atoms with Crippen LogP contribution in [0.5, 0.6) is 0 Å². The van der Waals surface area contributed by atoms with Gasteiger partial charge in [0.1, 0.15) is 0 Å². The van der Waals surface area contributed by atoms with Gasteiger partial charge in [-0.15, -0.1) is 4.94 Å². The van der Waals surface area contributed by atoms with Gasteiger partial charge in [-0.3, -0.25) is 4.99 Å². The van der Waals surface area contributed by atoms with E-state index in [0.717, 1.165) is 0 Å². The minimum absolute atomic E-state index is 0.0710. The highest BCUT2D eigenvalue weighted by Crippen LogP contribution is 1.76. The maximum Gasteiger partial charge on any atom is 0.333 e. The molecule has 0 radical (unpaired) electrons. The van der Waals surface area contributed by atoms with Crippen molar-refractivity contribution in [1.82, 2.24) is 0 Å². The third-order valence-electron chi connectivity index (χ3n) is 0.538. The van der Waals surface area contributed by atoms with Gasteiger partial charge in [0.25, 0.3) is 0 Å². The van der Waals surface area contributed by atoms with Gasteiger partial charge in [-0.1, -0.05) is 5.08 Å². The smallest absolute Gasteiger partial charge is 0.289 e. The SMILES string of the molecule is C1=[CH][AlH][CH]=N1. The van der Waals surface area contributed by atoms with Crippen molar-refractivity contribution in [1.29, 1.82) is 0 Å². The lowest BCUT2D eigenvalue weighted by molar-refractivity contribution is 1.65. The predicted molar refractivity (Wildman–Crippen MR) is 24.8 cm³/mol. The Morgan fingerprint density at radius 3 is 2.80 bits per heavy atom. The average molecular weight is 81.1 g/mol. The summed E-state index contributed by atoms with van der Waals surface area (Å²) in [6.45, 7) is 0. The van der Waals surface area contributed by atoms with Crippen molar-refractivity contribution in [3.8, 4) is 0 Å². The molecule has 1 aliphatic rings. The van der Waals surface area contributed by atoms with E-state index >= 15 is 0 Å². The lowest BCUT2D eigenvalue weighted by Gasteiger charge is -1.51. The Bertz CT molecular complexity index is 65.0. The lowest BCUT2D eigenvalue weighted by Crippen LogP contribution is -1.74. The van der Waals surface area contributed by atoms with Crippen LogP contribution in [0.2, 0.25) is 0 Å². The van der Waals surface area contributed by atoms with Crippen molar-refractivity contribution in [2.45, 2.75) is 0 Å². The molecule has 0 N–H and O–H groups in total. The molecule has 0 aliphatic carbocycles. The molecule has 1 heterocycles. The molecular weight excluding hydrogens is 77.0 g/mol. The molecule has 1 aliphatic heterocycles. The quantitative estimate of drug-likeness (QED) is 0.362. The fourth-order valence-corrected chi connectivity index (χ4v) is 0.913. The summed E-state index contributed by atoms with van der Waals surface area (Å²) < 4.78 is 0. The number of hydrogen-bond acceptors (Lipinski definition) is 1. The zero-order valence-electron chi connectivity index (χ0n) is 2.89. The maximum absolute atomic E-state index is 3.84.